The van der Waals surface area contributed by atoms with Gasteiger partial charge in [-0.25, -0.2) is 0 Å². The number of hydrogen-bond acceptors (Lipinski definition) is 3. The fourth-order valence-electron chi connectivity index (χ4n) is 3.08. The number of phenolic OH excluding ortho intramolecular Hbond substituents is 1. The number of benzene rings is 2. The van der Waals surface area contributed by atoms with Crippen LogP contribution in [0.1, 0.15) is 36.1 Å². The first-order valence-electron chi connectivity index (χ1n) is 7.52. The molecule has 3 nitrogen and oxygen atoms in total. The Morgan fingerprint density at radius 2 is 2.00 bits per heavy atom. The van der Waals surface area contributed by atoms with E-state index in [1.807, 2.05) is 25.1 Å². The largest absolute Gasteiger partial charge is 0.508 e. The number of hydrogen-bond donors (Lipinski definition) is 2. The number of aromatic hydroxyl groups is 1. The highest BCUT2D eigenvalue weighted by Crippen LogP contribution is 2.36. The van der Waals surface area contributed by atoms with Gasteiger partial charge in [-0.2, -0.15) is 0 Å². The van der Waals surface area contributed by atoms with Crippen molar-refractivity contribution in [3.05, 3.63) is 53.1 Å². The van der Waals surface area contributed by atoms with Crippen LogP contribution >= 0.6 is 0 Å². The lowest BCUT2D eigenvalue weighted by Gasteiger charge is -2.32. The van der Waals surface area contributed by atoms with Gasteiger partial charge in [0.25, 0.3) is 0 Å². The zero-order chi connectivity index (χ0) is 15.0. The number of nitrogens with zero attached hydrogens (tertiary/aromatic N) is 1. The molecule has 0 amide bonds. The maximum atomic E-state index is 10.2. The molecule has 3 N–H and O–H groups in total. The second-order valence-electron chi connectivity index (χ2n) is 5.92. The van der Waals surface area contributed by atoms with Crippen LogP contribution < -0.4 is 10.6 Å². The summed E-state index contributed by atoms with van der Waals surface area (Å²) in [5, 5.41) is 10.2. The molecule has 1 aliphatic heterocycles. The van der Waals surface area contributed by atoms with Gasteiger partial charge >= 0.3 is 0 Å². The smallest absolute Gasteiger partial charge is 0.122 e. The normalized spacial score (nSPS) is 15.7. The summed E-state index contributed by atoms with van der Waals surface area (Å²) in [6.45, 7) is 4.99. The quantitative estimate of drug-likeness (QED) is 0.880. The second-order valence-corrected chi connectivity index (χ2v) is 5.92. The van der Waals surface area contributed by atoms with E-state index in [4.69, 9.17) is 5.73 Å². The van der Waals surface area contributed by atoms with Crippen molar-refractivity contribution in [2.45, 2.75) is 32.7 Å². The van der Waals surface area contributed by atoms with Crippen LogP contribution in [0.4, 0.5) is 11.4 Å². The van der Waals surface area contributed by atoms with Crippen molar-refractivity contribution in [3.63, 3.8) is 0 Å². The van der Waals surface area contributed by atoms with E-state index >= 15 is 0 Å². The average molecular weight is 282 g/mol. The number of rotatable bonds is 2. The Kier molecular flexibility index (Phi) is 3.60. The van der Waals surface area contributed by atoms with Crippen molar-refractivity contribution in [2.75, 3.05) is 11.4 Å². The van der Waals surface area contributed by atoms with Gasteiger partial charge in [0.15, 0.2) is 0 Å². The van der Waals surface area contributed by atoms with Gasteiger partial charge < -0.3 is 15.7 Å². The summed E-state index contributed by atoms with van der Waals surface area (Å²) in [5.74, 6) is 0.279. The van der Waals surface area contributed by atoms with E-state index in [1.165, 1.54) is 16.8 Å². The van der Waals surface area contributed by atoms with Crippen molar-refractivity contribution in [3.8, 4) is 5.75 Å². The molecule has 0 aliphatic carbocycles. The van der Waals surface area contributed by atoms with Crippen LogP contribution in [-0.4, -0.2) is 11.7 Å². The Morgan fingerprint density at radius 1 is 1.19 bits per heavy atom. The first-order valence-corrected chi connectivity index (χ1v) is 7.52. The molecule has 21 heavy (non-hydrogen) atoms. The molecule has 2 aromatic rings. The summed E-state index contributed by atoms with van der Waals surface area (Å²) in [6, 6.07) is 12.2. The van der Waals surface area contributed by atoms with E-state index in [0.29, 0.717) is 0 Å². The van der Waals surface area contributed by atoms with Crippen molar-refractivity contribution in [1.29, 1.82) is 0 Å². The minimum absolute atomic E-state index is 0.157. The molecule has 0 spiro atoms. The Bertz CT molecular complexity index is 664. The van der Waals surface area contributed by atoms with E-state index in [2.05, 4.69) is 30.0 Å². The third-order valence-corrected chi connectivity index (χ3v) is 4.17. The molecule has 0 aromatic heterocycles. The van der Waals surface area contributed by atoms with E-state index in [0.717, 1.165) is 30.6 Å². The van der Waals surface area contributed by atoms with E-state index in [-0.39, 0.29) is 11.8 Å². The van der Waals surface area contributed by atoms with Crippen molar-refractivity contribution in [2.24, 2.45) is 5.73 Å². The molecule has 1 atom stereocenters. The first-order chi connectivity index (χ1) is 10.1. The number of nitrogens with two attached hydrogens (primary N) is 1. The van der Waals surface area contributed by atoms with Gasteiger partial charge in [-0.3, -0.25) is 0 Å². The molecular weight excluding hydrogens is 260 g/mol. The lowest BCUT2D eigenvalue weighted by atomic mass is 9.98. The predicted molar refractivity (Wildman–Crippen MR) is 87.2 cm³/mol. The zero-order valence-electron chi connectivity index (χ0n) is 12.6. The Balaban J connectivity index is 2.01. The SMILES string of the molecule is Cc1ccc2c(c1)CCCN2c1ccc(C(C)N)c(O)c1. The summed E-state index contributed by atoms with van der Waals surface area (Å²) in [5.41, 5.74) is 11.6. The molecule has 3 heteroatoms. The number of aryl methyl sites for hydroxylation is 2. The van der Waals surface area contributed by atoms with Crippen molar-refractivity contribution in [1.82, 2.24) is 0 Å². The zero-order valence-corrected chi connectivity index (χ0v) is 12.6. The van der Waals surface area contributed by atoms with Crippen LogP contribution in [0.3, 0.4) is 0 Å². The average Bonchev–Trinajstić information content (AvgIpc) is 2.45. The second kappa shape index (κ2) is 5.41. The highest BCUT2D eigenvalue weighted by atomic mass is 16.3. The van der Waals surface area contributed by atoms with Gasteiger partial charge in [-0.15, -0.1) is 0 Å². The molecule has 0 radical (unpaired) electrons. The fourth-order valence-corrected chi connectivity index (χ4v) is 3.08. The van der Waals surface area contributed by atoms with Crippen LogP contribution in [0.25, 0.3) is 0 Å². The third-order valence-electron chi connectivity index (χ3n) is 4.17. The van der Waals surface area contributed by atoms with Crippen molar-refractivity contribution >= 4 is 11.4 Å². The summed E-state index contributed by atoms with van der Waals surface area (Å²) in [7, 11) is 0. The van der Waals surface area contributed by atoms with Gasteiger partial charge in [0, 0.05) is 35.6 Å². The summed E-state index contributed by atoms with van der Waals surface area (Å²) >= 11 is 0. The molecule has 0 saturated carbocycles. The highest BCUT2D eigenvalue weighted by molar-refractivity contribution is 5.69. The molecule has 3 rings (SSSR count). The maximum absolute atomic E-state index is 10.2. The molecule has 0 bridgehead atoms. The Morgan fingerprint density at radius 3 is 2.71 bits per heavy atom. The molecular formula is C18H22N2O. The predicted octanol–water partition coefficient (Wildman–Crippen LogP) is 3.80. The van der Waals surface area contributed by atoms with Crippen molar-refractivity contribution < 1.29 is 5.11 Å². The summed E-state index contributed by atoms with van der Waals surface area (Å²) in [4.78, 5) is 2.28. The van der Waals surface area contributed by atoms with Gasteiger partial charge in [0.05, 0.1) is 0 Å². The van der Waals surface area contributed by atoms with Crippen LogP contribution in [0.15, 0.2) is 36.4 Å². The minimum atomic E-state index is -0.157. The van der Waals surface area contributed by atoms with Crippen LogP contribution in [0, 0.1) is 6.92 Å². The van der Waals surface area contributed by atoms with Gasteiger partial charge in [0.1, 0.15) is 5.75 Å². The Hall–Kier alpha value is -2.00. The minimum Gasteiger partial charge on any atom is -0.508 e. The standard InChI is InChI=1S/C18H22N2O/c1-12-5-8-17-14(10-12)4-3-9-20(17)15-6-7-16(13(2)19)18(21)11-15/h5-8,10-11,13,21H,3-4,9,19H2,1-2H3. The van der Waals surface area contributed by atoms with Crippen LogP contribution in [-0.2, 0) is 6.42 Å². The molecule has 0 saturated heterocycles. The van der Waals surface area contributed by atoms with E-state index in [1.54, 1.807) is 0 Å². The lowest BCUT2D eigenvalue weighted by Crippen LogP contribution is -2.24. The number of fused-ring (bicyclic) bond motifs is 1. The fraction of sp³-hybridized carbons (Fsp3) is 0.333. The lowest BCUT2D eigenvalue weighted by molar-refractivity contribution is 0.464. The number of anilines is 2. The number of phenols is 1. The topological polar surface area (TPSA) is 49.5 Å². The van der Waals surface area contributed by atoms with Gasteiger partial charge in [0.2, 0.25) is 0 Å². The highest BCUT2D eigenvalue weighted by Gasteiger charge is 2.19. The summed E-state index contributed by atoms with van der Waals surface area (Å²) < 4.78 is 0. The Labute approximate surface area is 126 Å². The molecule has 1 aliphatic rings. The molecule has 110 valence electrons. The van der Waals surface area contributed by atoms with E-state index < -0.39 is 0 Å². The van der Waals surface area contributed by atoms with Gasteiger partial charge in [-0.1, -0.05) is 23.8 Å². The molecule has 1 unspecified atom stereocenters. The molecule has 1 heterocycles. The van der Waals surface area contributed by atoms with Crippen LogP contribution in [0.5, 0.6) is 5.75 Å². The van der Waals surface area contributed by atoms with Gasteiger partial charge in [-0.05, 0) is 44.4 Å². The van der Waals surface area contributed by atoms with E-state index in [9.17, 15) is 5.11 Å². The molecule has 0 fully saturated rings. The maximum Gasteiger partial charge on any atom is 0.122 e. The third kappa shape index (κ3) is 2.61. The molecule has 2 aromatic carbocycles. The van der Waals surface area contributed by atoms with Crippen LogP contribution in [0.2, 0.25) is 0 Å². The monoisotopic (exact) mass is 282 g/mol. The summed E-state index contributed by atoms with van der Waals surface area (Å²) in [6.07, 6.45) is 2.25. The first kappa shape index (κ1) is 14.0.